The van der Waals surface area contributed by atoms with E-state index in [0.29, 0.717) is 18.8 Å². The van der Waals surface area contributed by atoms with Gasteiger partial charge >= 0.3 is 11.9 Å². The molecule has 3 rings (SSSR count). The van der Waals surface area contributed by atoms with Gasteiger partial charge in [-0.25, -0.2) is 9.18 Å². The van der Waals surface area contributed by atoms with Crippen LogP contribution in [-0.4, -0.2) is 11.9 Å². The number of unbranched alkanes of at least 4 members (excludes halogenated alkanes) is 2. The minimum absolute atomic E-state index is 0.162. The molecule has 0 spiro atoms. The van der Waals surface area contributed by atoms with E-state index in [9.17, 15) is 14.0 Å². The van der Waals surface area contributed by atoms with Gasteiger partial charge in [-0.3, -0.25) is 4.79 Å². The van der Waals surface area contributed by atoms with Gasteiger partial charge in [-0.05, 0) is 42.4 Å². The summed E-state index contributed by atoms with van der Waals surface area (Å²) >= 11 is 0. The highest BCUT2D eigenvalue weighted by Gasteiger charge is 2.30. The van der Waals surface area contributed by atoms with Crippen molar-refractivity contribution in [3.05, 3.63) is 65.0 Å². The van der Waals surface area contributed by atoms with Crippen molar-refractivity contribution in [3.8, 4) is 5.75 Å². The lowest BCUT2D eigenvalue weighted by atomic mass is 10.0. The number of benzene rings is 2. The van der Waals surface area contributed by atoms with Gasteiger partial charge in [0.15, 0.2) is 0 Å². The normalized spacial score (nSPS) is 13.2. The number of esters is 2. The third-order valence-corrected chi connectivity index (χ3v) is 4.76. The first-order chi connectivity index (χ1) is 13.6. The molecule has 0 aromatic heterocycles. The minimum Gasteiger partial charge on any atom is -0.489 e. The monoisotopic (exact) mass is 384 g/mol. The molecule has 1 fully saturated rings. The Kier molecular flexibility index (Phi) is 6.80. The lowest BCUT2D eigenvalue weighted by Crippen LogP contribution is -2.14. The molecule has 0 heterocycles. The van der Waals surface area contributed by atoms with Crippen LogP contribution in [0.25, 0.3) is 0 Å². The van der Waals surface area contributed by atoms with Crippen molar-refractivity contribution in [2.24, 2.45) is 0 Å². The number of hydrogen-bond donors (Lipinski definition) is 0. The Hall–Kier alpha value is -2.69. The summed E-state index contributed by atoms with van der Waals surface area (Å²) in [4.78, 5) is 24.1. The van der Waals surface area contributed by atoms with E-state index in [-0.39, 0.29) is 17.9 Å². The lowest BCUT2D eigenvalue weighted by Gasteiger charge is -2.13. The van der Waals surface area contributed by atoms with Gasteiger partial charge in [0.25, 0.3) is 0 Å². The Morgan fingerprint density at radius 1 is 1.11 bits per heavy atom. The van der Waals surface area contributed by atoms with E-state index in [4.69, 9.17) is 9.47 Å². The zero-order valence-electron chi connectivity index (χ0n) is 16.1. The standard InChI is InChI=1S/C23H25FO4/c1-2-3-5-10-22(25)28-23(26)19-13-18(17-11-12-17)21(14-20(19)24)27-15-16-8-6-4-7-9-16/h4,6-9,13-14,17H,2-3,5,10-12,15H2,1H3. The molecule has 2 aromatic carbocycles. The summed E-state index contributed by atoms with van der Waals surface area (Å²) in [7, 11) is 0. The molecular formula is C23H25FO4. The van der Waals surface area contributed by atoms with Crippen LogP contribution in [0.1, 0.15) is 72.9 Å². The molecule has 5 heteroatoms. The molecule has 2 aromatic rings. The van der Waals surface area contributed by atoms with Crippen LogP contribution >= 0.6 is 0 Å². The first-order valence-corrected chi connectivity index (χ1v) is 9.83. The second kappa shape index (κ2) is 9.49. The van der Waals surface area contributed by atoms with Gasteiger partial charge in [0.05, 0.1) is 5.56 Å². The topological polar surface area (TPSA) is 52.6 Å². The van der Waals surface area contributed by atoms with Gasteiger partial charge < -0.3 is 9.47 Å². The summed E-state index contributed by atoms with van der Waals surface area (Å²) in [5, 5.41) is 0. The summed E-state index contributed by atoms with van der Waals surface area (Å²) < 4.78 is 25.2. The Bertz CT molecular complexity index is 828. The summed E-state index contributed by atoms with van der Waals surface area (Å²) in [5.41, 5.74) is 1.56. The molecule has 0 amide bonds. The molecular weight excluding hydrogens is 359 g/mol. The molecule has 1 aliphatic rings. The van der Waals surface area contributed by atoms with Crippen molar-refractivity contribution < 1.29 is 23.5 Å². The smallest absolute Gasteiger partial charge is 0.348 e. The van der Waals surface area contributed by atoms with Crippen molar-refractivity contribution in [2.45, 2.75) is 58.0 Å². The molecule has 148 valence electrons. The number of carbonyl (C=O) groups excluding carboxylic acids is 2. The first kappa shape index (κ1) is 20.1. The fourth-order valence-electron chi connectivity index (χ4n) is 3.03. The second-order valence-corrected chi connectivity index (χ2v) is 7.14. The van der Waals surface area contributed by atoms with E-state index in [2.05, 4.69) is 0 Å². The minimum atomic E-state index is -0.935. The van der Waals surface area contributed by atoms with Crippen molar-refractivity contribution in [2.75, 3.05) is 0 Å². The molecule has 0 aliphatic heterocycles. The molecule has 0 saturated heterocycles. The maximum Gasteiger partial charge on any atom is 0.348 e. The highest BCUT2D eigenvalue weighted by Crippen LogP contribution is 2.45. The predicted octanol–water partition coefficient (Wildman–Crippen LogP) is 5.55. The zero-order valence-corrected chi connectivity index (χ0v) is 16.1. The van der Waals surface area contributed by atoms with E-state index in [0.717, 1.165) is 36.8 Å². The van der Waals surface area contributed by atoms with Gasteiger partial charge in [-0.2, -0.15) is 0 Å². The molecule has 0 N–H and O–H groups in total. The largest absolute Gasteiger partial charge is 0.489 e. The van der Waals surface area contributed by atoms with E-state index in [1.807, 2.05) is 37.3 Å². The number of carbonyl (C=O) groups is 2. The van der Waals surface area contributed by atoms with Crippen LogP contribution in [0.15, 0.2) is 42.5 Å². The SMILES string of the molecule is CCCCCC(=O)OC(=O)c1cc(C2CC2)c(OCc2ccccc2)cc1F. The van der Waals surface area contributed by atoms with E-state index in [1.165, 1.54) is 12.1 Å². The fourth-order valence-corrected chi connectivity index (χ4v) is 3.03. The van der Waals surface area contributed by atoms with Gasteiger partial charge in [-0.1, -0.05) is 50.1 Å². The highest BCUT2D eigenvalue weighted by atomic mass is 19.1. The molecule has 0 atom stereocenters. The molecule has 28 heavy (non-hydrogen) atoms. The highest BCUT2D eigenvalue weighted by molar-refractivity contribution is 5.97. The van der Waals surface area contributed by atoms with E-state index < -0.39 is 17.8 Å². The predicted molar refractivity (Wildman–Crippen MR) is 104 cm³/mol. The van der Waals surface area contributed by atoms with Crippen LogP contribution in [0.5, 0.6) is 5.75 Å². The number of hydrogen-bond acceptors (Lipinski definition) is 4. The molecule has 0 unspecified atom stereocenters. The first-order valence-electron chi connectivity index (χ1n) is 9.83. The third kappa shape index (κ3) is 5.41. The fraction of sp³-hybridized carbons (Fsp3) is 0.391. The molecule has 0 radical (unpaired) electrons. The van der Waals surface area contributed by atoms with Gasteiger partial charge in [0.1, 0.15) is 18.2 Å². The van der Waals surface area contributed by atoms with Gasteiger partial charge in [0.2, 0.25) is 0 Å². The van der Waals surface area contributed by atoms with Crippen molar-refractivity contribution in [1.82, 2.24) is 0 Å². The molecule has 1 saturated carbocycles. The Morgan fingerprint density at radius 3 is 2.54 bits per heavy atom. The number of rotatable bonds is 9. The third-order valence-electron chi connectivity index (χ3n) is 4.76. The van der Waals surface area contributed by atoms with Crippen LogP contribution in [0.3, 0.4) is 0 Å². The average molecular weight is 384 g/mol. The Morgan fingerprint density at radius 2 is 1.86 bits per heavy atom. The Labute approximate surface area is 164 Å². The molecule has 4 nitrogen and oxygen atoms in total. The summed E-state index contributed by atoms with van der Waals surface area (Å²) in [5.74, 6) is -1.60. The van der Waals surface area contributed by atoms with Crippen molar-refractivity contribution in [1.29, 1.82) is 0 Å². The molecule has 1 aliphatic carbocycles. The van der Waals surface area contributed by atoms with Gasteiger partial charge in [0, 0.05) is 12.5 Å². The maximum absolute atomic E-state index is 14.6. The molecule has 0 bridgehead atoms. The van der Waals surface area contributed by atoms with Crippen LogP contribution in [0.2, 0.25) is 0 Å². The zero-order chi connectivity index (χ0) is 19.9. The van der Waals surface area contributed by atoms with Crippen LogP contribution < -0.4 is 4.74 Å². The van der Waals surface area contributed by atoms with Crippen LogP contribution in [-0.2, 0) is 16.1 Å². The van der Waals surface area contributed by atoms with Crippen LogP contribution in [0.4, 0.5) is 4.39 Å². The van der Waals surface area contributed by atoms with Crippen molar-refractivity contribution >= 4 is 11.9 Å². The summed E-state index contributed by atoms with van der Waals surface area (Å²) in [6, 6.07) is 12.3. The second-order valence-electron chi connectivity index (χ2n) is 7.14. The average Bonchev–Trinajstić information content (AvgIpc) is 3.52. The van der Waals surface area contributed by atoms with E-state index >= 15 is 0 Å². The lowest BCUT2D eigenvalue weighted by molar-refractivity contribution is -0.138. The quantitative estimate of drug-likeness (QED) is 0.323. The van der Waals surface area contributed by atoms with E-state index in [1.54, 1.807) is 0 Å². The maximum atomic E-state index is 14.6. The van der Waals surface area contributed by atoms with Gasteiger partial charge in [-0.15, -0.1) is 0 Å². The van der Waals surface area contributed by atoms with Crippen molar-refractivity contribution in [3.63, 3.8) is 0 Å². The van der Waals surface area contributed by atoms with Crippen LogP contribution in [0, 0.1) is 5.82 Å². The number of ether oxygens (including phenoxy) is 2. The Balaban J connectivity index is 1.71. The number of halogens is 1. The summed E-state index contributed by atoms with van der Waals surface area (Å²) in [6.45, 7) is 2.34. The summed E-state index contributed by atoms with van der Waals surface area (Å²) in [6.07, 6.45) is 4.61.